The standard InChI is InChI=1S/C19H17N5O4/c25-16(24-28)10-12-6-8-14(9-7-12)21-19(27)17-15(11-20-23-17)22-18(26)13-4-2-1-3-5-13/h1-9,11,28H,10H2,(H,20,23)(H,21,27)(H,22,26)(H,24,25). The summed E-state index contributed by atoms with van der Waals surface area (Å²) in [6, 6.07) is 15.1. The van der Waals surface area contributed by atoms with Crippen LogP contribution in [0.4, 0.5) is 11.4 Å². The lowest BCUT2D eigenvalue weighted by atomic mass is 10.1. The first-order valence-corrected chi connectivity index (χ1v) is 8.30. The van der Waals surface area contributed by atoms with E-state index in [1.807, 2.05) is 0 Å². The van der Waals surface area contributed by atoms with Gasteiger partial charge in [0.15, 0.2) is 0 Å². The van der Waals surface area contributed by atoms with Crippen molar-refractivity contribution in [3.63, 3.8) is 0 Å². The number of hydrogen-bond donors (Lipinski definition) is 5. The van der Waals surface area contributed by atoms with E-state index in [0.717, 1.165) is 0 Å². The Bertz CT molecular complexity index is 983. The lowest BCUT2D eigenvalue weighted by molar-refractivity contribution is -0.128. The van der Waals surface area contributed by atoms with Crippen LogP contribution < -0.4 is 16.1 Å². The molecule has 0 unspecified atom stereocenters. The second-order valence-corrected chi connectivity index (χ2v) is 5.84. The normalized spacial score (nSPS) is 10.2. The lowest BCUT2D eigenvalue weighted by Gasteiger charge is -2.08. The molecule has 3 amide bonds. The number of hydrogen-bond acceptors (Lipinski definition) is 5. The van der Waals surface area contributed by atoms with E-state index in [2.05, 4.69) is 20.8 Å². The first-order chi connectivity index (χ1) is 13.6. The fraction of sp³-hybridized carbons (Fsp3) is 0.0526. The van der Waals surface area contributed by atoms with Crippen LogP contribution >= 0.6 is 0 Å². The number of rotatable bonds is 6. The zero-order valence-electron chi connectivity index (χ0n) is 14.6. The molecule has 1 aromatic heterocycles. The molecule has 2 aromatic carbocycles. The van der Waals surface area contributed by atoms with Gasteiger partial charge in [0, 0.05) is 11.3 Å². The molecule has 9 heteroatoms. The summed E-state index contributed by atoms with van der Waals surface area (Å²) in [5.74, 6) is -1.38. The number of nitrogens with one attached hydrogen (secondary N) is 4. The van der Waals surface area contributed by atoms with Gasteiger partial charge in [-0.05, 0) is 29.8 Å². The van der Waals surface area contributed by atoms with Gasteiger partial charge in [-0.2, -0.15) is 5.10 Å². The third-order valence-corrected chi connectivity index (χ3v) is 3.85. The van der Waals surface area contributed by atoms with E-state index in [4.69, 9.17) is 5.21 Å². The van der Waals surface area contributed by atoms with Gasteiger partial charge in [-0.3, -0.25) is 24.7 Å². The summed E-state index contributed by atoms with van der Waals surface area (Å²) in [5.41, 5.74) is 3.53. The predicted molar refractivity (Wildman–Crippen MR) is 101 cm³/mol. The maximum atomic E-state index is 12.5. The van der Waals surface area contributed by atoms with Crippen LogP contribution in [0.15, 0.2) is 60.8 Å². The summed E-state index contributed by atoms with van der Waals surface area (Å²) in [6.45, 7) is 0. The molecule has 142 valence electrons. The number of hydroxylamine groups is 1. The van der Waals surface area contributed by atoms with Crippen LogP contribution in [0.2, 0.25) is 0 Å². The Balaban J connectivity index is 1.66. The molecule has 0 bridgehead atoms. The number of nitrogens with zero attached hydrogens (tertiary/aromatic N) is 1. The Morgan fingerprint density at radius 3 is 2.32 bits per heavy atom. The van der Waals surface area contributed by atoms with E-state index in [9.17, 15) is 14.4 Å². The molecular weight excluding hydrogens is 362 g/mol. The minimum atomic E-state index is -0.534. The highest BCUT2D eigenvalue weighted by molar-refractivity contribution is 6.11. The van der Waals surface area contributed by atoms with Crippen LogP contribution in [0.5, 0.6) is 0 Å². The average molecular weight is 379 g/mol. The van der Waals surface area contributed by atoms with Gasteiger partial charge < -0.3 is 10.6 Å². The number of carbonyl (C=O) groups is 3. The van der Waals surface area contributed by atoms with Crippen molar-refractivity contribution >= 4 is 29.1 Å². The van der Waals surface area contributed by atoms with Crippen molar-refractivity contribution in [2.75, 3.05) is 10.6 Å². The Labute approximate surface area is 159 Å². The predicted octanol–water partition coefficient (Wildman–Crippen LogP) is 1.96. The van der Waals surface area contributed by atoms with Crippen molar-refractivity contribution < 1.29 is 19.6 Å². The Kier molecular flexibility index (Phi) is 5.78. The van der Waals surface area contributed by atoms with Crippen LogP contribution in [0.1, 0.15) is 26.4 Å². The molecule has 0 aliphatic heterocycles. The minimum Gasteiger partial charge on any atom is -0.321 e. The van der Waals surface area contributed by atoms with Crippen molar-refractivity contribution in [1.82, 2.24) is 15.7 Å². The quantitative estimate of drug-likeness (QED) is 0.329. The molecule has 0 atom stereocenters. The first kappa shape index (κ1) is 18.8. The number of aromatic nitrogens is 2. The molecule has 0 saturated carbocycles. The van der Waals surface area contributed by atoms with Crippen molar-refractivity contribution in [3.8, 4) is 0 Å². The Hall–Kier alpha value is -3.98. The zero-order chi connectivity index (χ0) is 19.9. The van der Waals surface area contributed by atoms with E-state index < -0.39 is 11.8 Å². The second-order valence-electron chi connectivity index (χ2n) is 5.84. The second kappa shape index (κ2) is 8.60. The van der Waals surface area contributed by atoms with Gasteiger partial charge in [-0.25, -0.2) is 5.48 Å². The van der Waals surface area contributed by atoms with Crippen molar-refractivity contribution in [3.05, 3.63) is 77.6 Å². The Morgan fingerprint density at radius 1 is 0.929 bits per heavy atom. The van der Waals surface area contributed by atoms with Gasteiger partial charge in [-0.15, -0.1) is 0 Å². The maximum Gasteiger partial charge on any atom is 0.275 e. The summed E-state index contributed by atoms with van der Waals surface area (Å²) >= 11 is 0. The van der Waals surface area contributed by atoms with Gasteiger partial charge in [0.1, 0.15) is 5.69 Å². The topological polar surface area (TPSA) is 136 Å². The molecule has 28 heavy (non-hydrogen) atoms. The fourth-order valence-corrected chi connectivity index (χ4v) is 2.46. The summed E-state index contributed by atoms with van der Waals surface area (Å²) in [4.78, 5) is 35.9. The molecule has 0 spiro atoms. The van der Waals surface area contributed by atoms with Crippen molar-refractivity contribution in [2.24, 2.45) is 0 Å². The molecular formula is C19H17N5O4. The lowest BCUT2D eigenvalue weighted by Crippen LogP contribution is -2.20. The van der Waals surface area contributed by atoms with Gasteiger partial charge in [0.2, 0.25) is 5.91 Å². The highest BCUT2D eigenvalue weighted by Gasteiger charge is 2.17. The summed E-state index contributed by atoms with van der Waals surface area (Å²) in [5, 5.41) is 20.3. The van der Waals surface area contributed by atoms with Crippen LogP contribution in [0, 0.1) is 0 Å². The molecule has 0 fully saturated rings. The number of H-pyrrole nitrogens is 1. The van der Waals surface area contributed by atoms with E-state index in [0.29, 0.717) is 16.8 Å². The van der Waals surface area contributed by atoms with Gasteiger partial charge in [0.05, 0.1) is 18.3 Å². The summed E-state index contributed by atoms with van der Waals surface area (Å²) in [7, 11) is 0. The number of amides is 3. The van der Waals surface area contributed by atoms with Crippen LogP contribution in [-0.4, -0.2) is 33.1 Å². The van der Waals surface area contributed by atoms with Crippen LogP contribution in [0.25, 0.3) is 0 Å². The molecule has 9 nitrogen and oxygen atoms in total. The van der Waals surface area contributed by atoms with Crippen molar-refractivity contribution in [2.45, 2.75) is 6.42 Å². The highest BCUT2D eigenvalue weighted by atomic mass is 16.5. The molecule has 0 aliphatic rings. The average Bonchev–Trinajstić information content (AvgIpc) is 3.18. The van der Waals surface area contributed by atoms with E-state index in [1.54, 1.807) is 60.1 Å². The fourth-order valence-electron chi connectivity index (χ4n) is 2.46. The third-order valence-electron chi connectivity index (χ3n) is 3.85. The smallest absolute Gasteiger partial charge is 0.275 e. The monoisotopic (exact) mass is 379 g/mol. The number of carbonyl (C=O) groups excluding carboxylic acids is 3. The molecule has 0 aliphatic carbocycles. The van der Waals surface area contributed by atoms with Crippen LogP contribution in [0.3, 0.4) is 0 Å². The summed E-state index contributed by atoms with van der Waals surface area (Å²) < 4.78 is 0. The Morgan fingerprint density at radius 2 is 1.64 bits per heavy atom. The molecule has 5 N–H and O–H groups in total. The molecule has 0 saturated heterocycles. The number of anilines is 2. The largest absolute Gasteiger partial charge is 0.321 e. The van der Waals surface area contributed by atoms with E-state index >= 15 is 0 Å². The molecule has 0 radical (unpaired) electrons. The number of benzene rings is 2. The van der Waals surface area contributed by atoms with Crippen LogP contribution in [-0.2, 0) is 11.2 Å². The molecule has 3 aromatic rings. The van der Waals surface area contributed by atoms with Gasteiger partial charge in [-0.1, -0.05) is 30.3 Å². The SMILES string of the molecule is O=C(Cc1ccc(NC(=O)c2[nH]ncc2NC(=O)c2ccccc2)cc1)NO. The third kappa shape index (κ3) is 4.59. The highest BCUT2D eigenvalue weighted by Crippen LogP contribution is 2.17. The van der Waals surface area contributed by atoms with Crippen molar-refractivity contribution in [1.29, 1.82) is 0 Å². The molecule has 3 rings (SSSR count). The maximum absolute atomic E-state index is 12.5. The van der Waals surface area contributed by atoms with E-state index in [1.165, 1.54) is 6.20 Å². The van der Waals surface area contributed by atoms with Gasteiger partial charge >= 0.3 is 0 Å². The first-order valence-electron chi connectivity index (χ1n) is 8.30. The van der Waals surface area contributed by atoms with Gasteiger partial charge in [0.25, 0.3) is 11.8 Å². The zero-order valence-corrected chi connectivity index (χ0v) is 14.6. The molecule has 1 heterocycles. The summed E-state index contributed by atoms with van der Waals surface area (Å²) in [6.07, 6.45) is 1.37. The van der Waals surface area contributed by atoms with E-state index in [-0.39, 0.29) is 23.7 Å². The minimum absolute atomic E-state index is 0.0148. The number of aromatic amines is 1.